The molecule has 0 spiro atoms. The van der Waals surface area contributed by atoms with Crippen LogP contribution in [-0.4, -0.2) is 53.6 Å². The predicted octanol–water partition coefficient (Wildman–Crippen LogP) is 4.28. The lowest BCUT2D eigenvalue weighted by Gasteiger charge is -2.38. The van der Waals surface area contributed by atoms with Gasteiger partial charge >= 0.3 is 0 Å². The second-order valence-corrected chi connectivity index (χ2v) is 10.4. The van der Waals surface area contributed by atoms with E-state index in [4.69, 9.17) is 9.72 Å². The molecule has 10 heteroatoms. The summed E-state index contributed by atoms with van der Waals surface area (Å²) in [6.45, 7) is 0.507. The smallest absolute Gasteiger partial charge is 0.244 e. The van der Waals surface area contributed by atoms with Gasteiger partial charge in [-0.25, -0.2) is 12.8 Å². The van der Waals surface area contributed by atoms with Crippen molar-refractivity contribution in [2.45, 2.75) is 10.9 Å². The highest BCUT2D eigenvalue weighted by atomic mass is 32.2. The summed E-state index contributed by atoms with van der Waals surface area (Å²) >= 11 is 0. The Morgan fingerprint density at radius 3 is 2.32 bits per heavy atom. The zero-order valence-corrected chi connectivity index (χ0v) is 20.5. The molecule has 188 valence electrons. The first kappa shape index (κ1) is 24.5. The third-order valence-electron chi connectivity index (χ3n) is 6.10. The average Bonchev–Trinajstić information content (AvgIpc) is 2.95. The van der Waals surface area contributed by atoms with Crippen molar-refractivity contribution < 1.29 is 22.3 Å². The fourth-order valence-electron chi connectivity index (χ4n) is 4.16. The minimum absolute atomic E-state index is 0.0802. The van der Waals surface area contributed by atoms with Gasteiger partial charge in [0, 0.05) is 37.6 Å². The van der Waals surface area contributed by atoms with Crippen molar-refractivity contribution in [2.24, 2.45) is 0 Å². The number of aromatic nitrogens is 2. The molecule has 1 atom stereocenters. The Balaban J connectivity index is 1.37. The van der Waals surface area contributed by atoms with Gasteiger partial charge < -0.3 is 9.64 Å². The lowest BCUT2D eigenvalue weighted by Crippen LogP contribution is -2.50. The second-order valence-electron chi connectivity index (χ2n) is 8.44. The largest absolute Gasteiger partial charge is 0.457 e. The van der Waals surface area contributed by atoms with Gasteiger partial charge in [-0.3, -0.25) is 14.8 Å². The van der Waals surface area contributed by atoms with Crippen LogP contribution in [0.1, 0.15) is 11.7 Å². The number of carbonyl (C=O) groups is 1. The Hall–Kier alpha value is -4.15. The molecule has 1 fully saturated rings. The van der Waals surface area contributed by atoms with E-state index in [1.165, 1.54) is 34.9 Å². The van der Waals surface area contributed by atoms with Crippen LogP contribution in [0.5, 0.6) is 11.5 Å². The predicted molar refractivity (Wildman–Crippen MR) is 135 cm³/mol. The third kappa shape index (κ3) is 5.35. The Bertz CT molecular complexity index is 1480. The summed E-state index contributed by atoms with van der Waals surface area (Å²) in [5.41, 5.74) is 2.08. The van der Waals surface area contributed by atoms with Gasteiger partial charge in [0.1, 0.15) is 22.2 Å². The Kier molecular flexibility index (Phi) is 6.93. The van der Waals surface area contributed by atoms with Crippen molar-refractivity contribution in [1.29, 1.82) is 0 Å². The monoisotopic (exact) mass is 518 g/mol. The number of amides is 1. The number of nitrogens with zero attached hydrogens (tertiary/aromatic N) is 4. The van der Waals surface area contributed by atoms with E-state index in [2.05, 4.69) is 4.98 Å². The minimum atomic E-state index is -3.76. The van der Waals surface area contributed by atoms with Crippen molar-refractivity contribution in [1.82, 2.24) is 19.2 Å². The number of halogens is 1. The molecule has 1 amide bonds. The van der Waals surface area contributed by atoms with Crippen LogP contribution in [0, 0.1) is 5.82 Å². The zero-order valence-electron chi connectivity index (χ0n) is 19.6. The highest BCUT2D eigenvalue weighted by molar-refractivity contribution is 7.89. The lowest BCUT2D eigenvalue weighted by atomic mass is 10.1. The highest BCUT2D eigenvalue weighted by Gasteiger charge is 2.35. The van der Waals surface area contributed by atoms with Gasteiger partial charge in [0.15, 0.2) is 0 Å². The van der Waals surface area contributed by atoms with Crippen LogP contribution < -0.4 is 4.74 Å². The molecule has 0 radical (unpaired) electrons. The molecule has 2 aromatic carbocycles. The number of piperazine rings is 1. The van der Waals surface area contributed by atoms with Crippen LogP contribution in [0.3, 0.4) is 0 Å². The van der Waals surface area contributed by atoms with Gasteiger partial charge in [-0.15, -0.1) is 0 Å². The van der Waals surface area contributed by atoms with Gasteiger partial charge in [-0.05, 0) is 72.8 Å². The summed E-state index contributed by atoms with van der Waals surface area (Å²) in [6, 6.07) is 21.0. The first-order valence-electron chi connectivity index (χ1n) is 11.6. The standard InChI is InChI=1S/C27H23FN4O4S/c28-21-8-12-23(13-9-21)36-22-10-6-20(7-11-22)25-4-1-5-26(30-25)27-18-32(16-15-31(27)19-33)37(34,35)24-3-2-14-29-17-24/h1-14,17,19,27H,15-16,18H2. The SMILES string of the molecule is O=CN1CCN(S(=O)(=O)c2cccnc2)CC1c1cccc(-c2ccc(Oc3ccc(F)cc3)cc2)n1. The number of hydrogen-bond donors (Lipinski definition) is 0. The number of rotatable bonds is 7. The molecule has 37 heavy (non-hydrogen) atoms. The van der Waals surface area contributed by atoms with Crippen LogP contribution in [-0.2, 0) is 14.8 Å². The first-order valence-corrected chi connectivity index (χ1v) is 13.0. The van der Waals surface area contributed by atoms with Crippen LogP contribution in [0.2, 0.25) is 0 Å². The Morgan fingerprint density at radius 1 is 0.919 bits per heavy atom. The van der Waals surface area contributed by atoms with E-state index in [0.29, 0.717) is 22.9 Å². The number of pyridine rings is 2. The first-order chi connectivity index (χ1) is 17.9. The fourth-order valence-corrected chi connectivity index (χ4v) is 5.56. The quantitative estimate of drug-likeness (QED) is 0.339. The van der Waals surface area contributed by atoms with E-state index in [9.17, 15) is 17.6 Å². The van der Waals surface area contributed by atoms with Gasteiger partial charge in [0.2, 0.25) is 16.4 Å². The van der Waals surface area contributed by atoms with Crippen molar-refractivity contribution >= 4 is 16.4 Å². The van der Waals surface area contributed by atoms with Crippen molar-refractivity contribution in [2.75, 3.05) is 19.6 Å². The van der Waals surface area contributed by atoms with Gasteiger partial charge in [0.25, 0.3) is 0 Å². The van der Waals surface area contributed by atoms with E-state index < -0.39 is 16.1 Å². The molecule has 1 unspecified atom stereocenters. The van der Waals surface area contributed by atoms with E-state index >= 15 is 0 Å². The van der Waals surface area contributed by atoms with Crippen LogP contribution >= 0.6 is 0 Å². The molecule has 8 nitrogen and oxygen atoms in total. The summed E-state index contributed by atoms with van der Waals surface area (Å²) in [7, 11) is -3.76. The maximum absolute atomic E-state index is 13.2. The summed E-state index contributed by atoms with van der Waals surface area (Å²) in [4.78, 5) is 22.2. The summed E-state index contributed by atoms with van der Waals surface area (Å²) in [5.74, 6) is 0.769. The van der Waals surface area contributed by atoms with E-state index in [1.54, 1.807) is 41.3 Å². The van der Waals surface area contributed by atoms with Crippen molar-refractivity contribution in [3.8, 4) is 22.8 Å². The van der Waals surface area contributed by atoms with Crippen molar-refractivity contribution in [3.63, 3.8) is 0 Å². The molecule has 3 heterocycles. The second kappa shape index (κ2) is 10.5. The maximum atomic E-state index is 13.2. The number of benzene rings is 2. The third-order valence-corrected chi connectivity index (χ3v) is 7.95. The summed E-state index contributed by atoms with van der Waals surface area (Å²) < 4.78 is 46.5. The van der Waals surface area contributed by atoms with Crippen LogP contribution in [0.4, 0.5) is 4.39 Å². The van der Waals surface area contributed by atoms with Gasteiger partial charge in [-0.1, -0.05) is 6.07 Å². The van der Waals surface area contributed by atoms with E-state index in [-0.39, 0.29) is 30.3 Å². The summed E-state index contributed by atoms with van der Waals surface area (Å²) in [5, 5.41) is 0. The zero-order chi connectivity index (χ0) is 25.8. The van der Waals surface area contributed by atoms with Gasteiger partial charge in [-0.2, -0.15) is 4.31 Å². The maximum Gasteiger partial charge on any atom is 0.244 e. The molecular weight excluding hydrogens is 495 g/mol. The molecular formula is C27H23FN4O4S. The summed E-state index contributed by atoms with van der Waals surface area (Å²) in [6.07, 6.45) is 3.57. The fraction of sp³-hybridized carbons (Fsp3) is 0.148. The topological polar surface area (TPSA) is 92.7 Å². The molecule has 1 aliphatic rings. The minimum Gasteiger partial charge on any atom is -0.457 e. The van der Waals surface area contributed by atoms with Gasteiger partial charge in [0.05, 0.1) is 17.4 Å². The number of hydrogen-bond acceptors (Lipinski definition) is 6. The molecule has 5 rings (SSSR count). The molecule has 0 bridgehead atoms. The van der Waals surface area contributed by atoms with E-state index in [1.807, 2.05) is 24.3 Å². The van der Waals surface area contributed by atoms with Crippen LogP contribution in [0.15, 0.2) is 96.2 Å². The molecule has 0 saturated carbocycles. The Labute approximate surface area is 214 Å². The Morgan fingerprint density at radius 2 is 1.65 bits per heavy atom. The molecule has 0 aliphatic carbocycles. The number of ether oxygens (including phenoxy) is 1. The van der Waals surface area contributed by atoms with E-state index in [0.717, 1.165) is 12.0 Å². The normalized spacial score (nSPS) is 16.4. The number of sulfonamides is 1. The van der Waals surface area contributed by atoms with Crippen LogP contribution in [0.25, 0.3) is 11.3 Å². The van der Waals surface area contributed by atoms with Crippen molar-refractivity contribution in [3.05, 3.63) is 103 Å². The molecule has 2 aromatic heterocycles. The molecule has 1 aliphatic heterocycles. The highest BCUT2D eigenvalue weighted by Crippen LogP contribution is 2.30. The molecule has 0 N–H and O–H groups in total. The average molecular weight is 519 g/mol. The molecule has 4 aromatic rings. The lowest BCUT2D eigenvalue weighted by molar-refractivity contribution is -0.122. The number of carbonyl (C=O) groups excluding carboxylic acids is 1. The molecule has 1 saturated heterocycles.